The Bertz CT molecular complexity index is 1340. The minimum Gasteiger partial charge on any atom is -0.495 e. The number of nitrogens with zero attached hydrogens (tertiary/aromatic N) is 2. The van der Waals surface area contributed by atoms with E-state index in [4.69, 9.17) is 20.8 Å². The highest BCUT2D eigenvalue weighted by Gasteiger charge is 2.14. The molecule has 32 heavy (non-hydrogen) atoms. The number of halogens is 1. The summed E-state index contributed by atoms with van der Waals surface area (Å²) in [5.41, 5.74) is 2.34. The maximum Gasteiger partial charge on any atom is 0.268 e. The van der Waals surface area contributed by atoms with Crippen LogP contribution in [0.3, 0.4) is 0 Å². The average molecular weight is 462 g/mol. The first-order valence-corrected chi connectivity index (χ1v) is 10.7. The summed E-state index contributed by atoms with van der Waals surface area (Å²) in [5.74, 6) is 0.906. The van der Waals surface area contributed by atoms with Gasteiger partial charge in [0.05, 0.1) is 17.8 Å². The minimum atomic E-state index is -0.563. The van der Waals surface area contributed by atoms with Crippen molar-refractivity contribution in [3.05, 3.63) is 82.4 Å². The number of nitrogens with one attached hydrogen (secondary N) is 1. The average Bonchev–Trinajstić information content (AvgIpc) is 3.48. The molecule has 0 aliphatic heterocycles. The van der Waals surface area contributed by atoms with Crippen LogP contribution in [0.2, 0.25) is 5.02 Å². The third-order valence-electron chi connectivity index (χ3n) is 4.51. The van der Waals surface area contributed by atoms with Crippen LogP contribution in [0.15, 0.2) is 76.0 Å². The first kappa shape index (κ1) is 21.4. The molecule has 0 bridgehead atoms. The van der Waals surface area contributed by atoms with Crippen molar-refractivity contribution in [3.8, 4) is 34.4 Å². The molecule has 0 atom stereocenters. The first-order valence-electron chi connectivity index (χ1n) is 9.45. The molecule has 0 radical (unpaired) electrons. The van der Waals surface area contributed by atoms with Crippen LogP contribution < -0.4 is 10.1 Å². The van der Waals surface area contributed by atoms with Crippen molar-refractivity contribution in [2.24, 2.45) is 0 Å². The molecule has 1 N–H and O–H groups in total. The van der Waals surface area contributed by atoms with Crippen LogP contribution in [0, 0.1) is 11.3 Å². The molecule has 0 saturated carbocycles. The smallest absolute Gasteiger partial charge is 0.268 e. The quantitative estimate of drug-likeness (QED) is 0.269. The molecular weight excluding hydrogens is 446 g/mol. The number of hydrogen-bond acceptors (Lipinski definition) is 6. The van der Waals surface area contributed by atoms with Gasteiger partial charge in [-0.3, -0.25) is 10.1 Å². The molecule has 4 aromatic rings. The van der Waals surface area contributed by atoms with Crippen molar-refractivity contribution < 1.29 is 13.9 Å². The van der Waals surface area contributed by atoms with Crippen molar-refractivity contribution in [1.82, 2.24) is 4.98 Å². The van der Waals surface area contributed by atoms with Gasteiger partial charge in [-0.05, 0) is 30.3 Å². The summed E-state index contributed by atoms with van der Waals surface area (Å²) >= 11 is 7.46. The summed E-state index contributed by atoms with van der Waals surface area (Å²) in [5, 5.41) is 14.8. The van der Waals surface area contributed by atoms with Gasteiger partial charge in [-0.1, -0.05) is 41.9 Å². The van der Waals surface area contributed by atoms with E-state index in [-0.39, 0.29) is 5.57 Å². The van der Waals surface area contributed by atoms with E-state index in [0.717, 1.165) is 16.8 Å². The number of nitriles is 1. The number of thiazole rings is 1. The van der Waals surface area contributed by atoms with E-state index in [1.165, 1.54) is 17.4 Å². The molecule has 0 aliphatic rings. The topological polar surface area (TPSA) is 88.1 Å². The predicted molar refractivity (Wildman–Crippen MR) is 125 cm³/mol. The summed E-state index contributed by atoms with van der Waals surface area (Å²) in [4.78, 5) is 17.0. The number of carbonyl (C=O) groups excluding carboxylic acids is 1. The highest BCUT2D eigenvalue weighted by atomic mass is 35.5. The van der Waals surface area contributed by atoms with Crippen molar-refractivity contribution >= 4 is 40.1 Å². The van der Waals surface area contributed by atoms with Gasteiger partial charge in [-0.25, -0.2) is 4.98 Å². The number of amides is 1. The Balaban J connectivity index is 1.50. The van der Waals surface area contributed by atoms with Crippen LogP contribution in [0.25, 0.3) is 28.7 Å². The van der Waals surface area contributed by atoms with E-state index in [0.29, 0.717) is 27.4 Å². The fourth-order valence-corrected chi connectivity index (χ4v) is 3.91. The first-order chi connectivity index (χ1) is 15.6. The lowest BCUT2D eigenvalue weighted by molar-refractivity contribution is -0.112. The third kappa shape index (κ3) is 4.72. The molecule has 2 aromatic carbocycles. The summed E-state index contributed by atoms with van der Waals surface area (Å²) in [6, 6.07) is 20.2. The normalized spacial score (nSPS) is 11.1. The van der Waals surface area contributed by atoms with Gasteiger partial charge >= 0.3 is 0 Å². The maximum atomic E-state index is 12.6. The number of furan rings is 1. The number of methoxy groups -OCH3 is 1. The van der Waals surface area contributed by atoms with Gasteiger partial charge in [-0.15, -0.1) is 11.3 Å². The molecule has 6 nitrogen and oxygen atoms in total. The number of ether oxygens (including phenoxy) is 1. The maximum absolute atomic E-state index is 12.6. The van der Waals surface area contributed by atoms with E-state index in [1.807, 2.05) is 47.8 Å². The summed E-state index contributed by atoms with van der Waals surface area (Å²) in [6.07, 6.45) is 1.38. The Morgan fingerprint density at radius 3 is 2.72 bits per heavy atom. The van der Waals surface area contributed by atoms with Gasteiger partial charge < -0.3 is 9.15 Å². The van der Waals surface area contributed by atoms with Crippen molar-refractivity contribution in [1.29, 1.82) is 5.26 Å². The fraction of sp³-hybridized carbons (Fsp3) is 0.0417. The van der Waals surface area contributed by atoms with Crippen LogP contribution in [-0.4, -0.2) is 18.0 Å². The number of carbonyl (C=O) groups is 1. The second-order valence-corrected chi connectivity index (χ2v) is 7.84. The molecule has 8 heteroatoms. The van der Waals surface area contributed by atoms with Crippen molar-refractivity contribution in [2.75, 3.05) is 12.4 Å². The highest BCUT2D eigenvalue weighted by Crippen LogP contribution is 2.31. The molecule has 2 heterocycles. The lowest BCUT2D eigenvalue weighted by Gasteiger charge is -2.04. The Morgan fingerprint density at radius 1 is 1.19 bits per heavy atom. The van der Waals surface area contributed by atoms with E-state index in [2.05, 4.69) is 10.3 Å². The van der Waals surface area contributed by atoms with Gasteiger partial charge in [-0.2, -0.15) is 5.26 Å². The fourth-order valence-electron chi connectivity index (χ4n) is 2.93. The number of hydrogen-bond donors (Lipinski definition) is 1. The largest absolute Gasteiger partial charge is 0.495 e. The zero-order valence-corrected chi connectivity index (χ0v) is 18.4. The standard InChI is InChI=1S/C24H16ClN3O3S/c1-30-22-9-7-16(12-19(22)25)21-10-8-18(31-21)11-17(13-26)23(29)28-24-27-20(14-32-24)15-5-3-2-4-6-15/h2-12,14H,1H3,(H,27,28,29)/b17-11-. The van der Waals surface area contributed by atoms with Crippen molar-refractivity contribution in [3.63, 3.8) is 0 Å². The highest BCUT2D eigenvalue weighted by molar-refractivity contribution is 7.14. The summed E-state index contributed by atoms with van der Waals surface area (Å²) in [7, 11) is 1.54. The van der Waals surface area contributed by atoms with Crippen LogP contribution >= 0.6 is 22.9 Å². The van der Waals surface area contributed by atoms with E-state index < -0.39 is 5.91 Å². The van der Waals surface area contributed by atoms with E-state index >= 15 is 0 Å². The van der Waals surface area contributed by atoms with Gasteiger partial charge in [0, 0.05) is 22.6 Å². The number of benzene rings is 2. The SMILES string of the molecule is COc1ccc(-c2ccc(/C=C(/C#N)C(=O)Nc3nc(-c4ccccc4)cs3)o2)cc1Cl. The lowest BCUT2D eigenvalue weighted by atomic mass is 10.1. The summed E-state index contributed by atoms with van der Waals surface area (Å²) in [6.45, 7) is 0. The Labute approximate surface area is 193 Å². The zero-order chi connectivity index (χ0) is 22.5. The monoisotopic (exact) mass is 461 g/mol. The third-order valence-corrected chi connectivity index (χ3v) is 5.56. The molecule has 0 spiro atoms. The number of anilines is 1. The van der Waals surface area contributed by atoms with Crippen molar-refractivity contribution in [2.45, 2.75) is 0 Å². The van der Waals surface area contributed by atoms with Gasteiger partial charge in [0.1, 0.15) is 28.9 Å². The van der Waals surface area contributed by atoms with Crippen LogP contribution in [-0.2, 0) is 4.79 Å². The van der Waals surface area contributed by atoms with E-state index in [1.54, 1.807) is 31.4 Å². The molecule has 0 fully saturated rings. The molecule has 158 valence electrons. The van der Waals surface area contributed by atoms with Gasteiger partial charge in [0.25, 0.3) is 5.91 Å². The van der Waals surface area contributed by atoms with Crippen LogP contribution in [0.4, 0.5) is 5.13 Å². The molecular formula is C24H16ClN3O3S. The Kier molecular flexibility index (Phi) is 6.36. The molecule has 0 aliphatic carbocycles. The number of aromatic nitrogens is 1. The van der Waals surface area contributed by atoms with Crippen LogP contribution in [0.1, 0.15) is 5.76 Å². The van der Waals surface area contributed by atoms with Crippen LogP contribution in [0.5, 0.6) is 5.75 Å². The second-order valence-electron chi connectivity index (χ2n) is 6.58. The Morgan fingerprint density at radius 2 is 2.00 bits per heavy atom. The Hall–Kier alpha value is -3.86. The minimum absolute atomic E-state index is 0.102. The van der Waals surface area contributed by atoms with Gasteiger partial charge in [0.2, 0.25) is 0 Å². The van der Waals surface area contributed by atoms with E-state index in [9.17, 15) is 10.1 Å². The predicted octanol–water partition coefficient (Wildman–Crippen LogP) is 6.28. The molecule has 0 saturated heterocycles. The molecule has 0 unspecified atom stereocenters. The molecule has 2 aromatic heterocycles. The second kappa shape index (κ2) is 9.52. The lowest BCUT2D eigenvalue weighted by Crippen LogP contribution is -2.13. The summed E-state index contributed by atoms with van der Waals surface area (Å²) < 4.78 is 10.9. The zero-order valence-electron chi connectivity index (χ0n) is 16.8. The number of rotatable bonds is 6. The molecule has 4 rings (SSSR count). The molecule has 1 amide bonds. The van der Waals surface area contributed by atoms with Gasteiger partial charge in [0.15, 0.2) is 5.13 Å².